The zero-order chi connectivity index (χ0) is 13.9. The molecule has 3 rings (SSSR count). The minimum absolute atomic E-state index is 0. The number of hydrogen-bond donors (Lipinski definition) is 1. The van der Waals surface area contributed by atoms with Gasteiger partial charge < -0.3 is 10.2 Å². The molecule has 0 radical (unpaired) electrons. The van der Waals surface area contributed by atoms with E-state index >= 15 is 0 Å². The second-order valence-electron chi connectivity index (χ2n) is 6.22. The standard InChI is InChI=1S/C17H25N3.HI/c1-13-8-10-20(11-9-13)17(18-2)19-16-12-15(16)14-6-4-3-5-7-14;/h3-7,13,15-16H,8-12H2,1-2H3,(H,18,19);1H. The van der Waals surface area contributed by atoms with Gasteiger partial charge in [-0.15, -0.1) is 24.0 Å². The van der Waals surface area contributed by atoms with Gasteiger partial charge in [0, 0.05) is 32.1 Å². The van der Waals surface area contributed by atoms with Gasteiger partial charge in [0.25, 0.3) is 0 Å². The van der Waals surface area contributed by atoms with Crippen LogP contribution in [0.15, 0.2) is 35.3 Å². The second-order valence-corrected chi connectivity index (χ2v) is 6.22. The zero-order valence-electron chi connectivity index (χ0n) is 13.0. The lowest BCUT2D eigenvalue weighted by Crippen LogP contribution is -2.46. The van der Waals surface area contributed by atoms with Crippen LogP contribution in [0.3, 0.4) is 0 Å². The van der Waals surface area contributed by atoms with Crippen LogP contribution in [0.1, 0.15) is 37.7 Å². The second kappa shape index (κ2) is 7.47. The van der Waals surface area contributed by atoms with E-state index in [0.29, 0.717) is 12.0 Å². The van der Waals surface area contributed by atoms with Crippen molar-refractivity contribution >= 4 is 29.9 Å². The molecule has 0 bridgehead atoms. The van der Waals surface area contributed by atoms with E-state index in [0.717, 1.165) is 25.0 Å². The normalized spacial score (nSPS) is 26.2. The molecule has 0 spiro atoms. The quantitative estimate of drug-likeness (QED) is 0.469. The maximum Gasteiger partial charge on any atom is 0.193 e. The minimum Gasteiger partial charge on any atom is -0.353 e. The molecule has 1 aliphatic heterocycles. The first-order chi connectivity index (χ1) is 9.78. The number of rotatable bonds is 2. The van der Waals surface area contributed by atoms with Crippen LogP contribution in [0.4, 0.5) is 0 Å². The molecule has 2 atom stereocenters. The molecule has 1 aromatic rings. The molecule has 2 unspecified atom stereocenters. The van der Waals surface area contributed by atoms with Crippen molar-refractivity contribution in [1.82, 2.24) is 10.2 Å². The van der Waals surface area contributed by atoms with Gasteiger partial charge in [-0.25, -0.2) is 0 Å². The highest BCUT2D eigenvalue weighted by Gasteiger charge is 2.39. The van der Waals surface area contributed by atoms with Gasteiger partial charge in [-0.2, -0.15) is 0 Å². The summed E-state index contributed by atoms with van der Waals surface area (Å²) in [5, 5.41) is 3.65. The maximum absolute atomic E-state index is 4.48. The molecule has 2 fully saturated rings. The van der Waals surface area contributed by atoms with Gasteiger partial charge in [0.15, 0.2) is 5.96 Å². The van der Waals surface area contributed by atoms with Crippen LogP contribution in [-0.4, -0.2) is 37.0 Å². The highest BCUT2D eigenvalue weighted by Crippen LogP contribution is 2.40. The van der Waals surface area contributed by atoms with E-state index in [1.54, 1.807) is 0 Å². The average molecular weight is 399 g/mol. The van der Waals surface area contributed by atoms with Crippen molar-refractivity contribution in [1.29, 1.82) is 0 Å². The molecular weight excluding hydrogens is 373 g/mol. The molecule has 1 aromatic carbocycles. The molecule has 1 saturated carbocycles. The minimum atomic E-state index is 0. The SMILES string of the molecule is CN=C(NC1CC1c1ccccc1)N1CCC(C)CC1.I. The Hall–Kier alpha value is -0.780. The average Bonchev–Trinajstić information content (AvgIpc) is 3.26. The fourth-order valence-corrected chi connectivity index (χ4v) is 3.11. The van der Waals surface area contributed by atoms with Crippen LogP contribution in [-0.2, 0) is 0 Å². The first-order valence-corrected chi connectivity index (χ1v) is 7.81. The number of hydrogen-bond acceptors (Lipinski definition) is 1. The predicted octanol–water partition coefficient (Wildman–Crippen LogP) is 3.47. The number of benzene rings is 1. The Morgan fingerprint density at radius 2 is 1.86 bits per heavy atom. The first kappa shape index (κ1) is 16.6. The topological polar surface area (TPSA) is 27.6 Å². The summed E-state index contributed by atoms with van der Waals surface area (Å²) in [6, 6.07) is 11.4. The number of guanidine groups is 1. The van der Waals surface area contributed by atoms with Crippen LogP contribution in [0.2, 0.25) is 0 Å². The Morgan fingerprint density at radius 1 is 1.19 bits per heavy atom. The van der Waals surface area contributed by atoms with E-state index in [-0.39, 0.29) is 24.0 Å². The third-order valence-electron chi connectivity index (χ3n) is 4.63. The summed E-state index contributed by atoms with van der Waals surface area (Å²) >= 11 is 0. The highest BCUT2D eigenvalue weighted by atomic mass is 127. The van der Waals surface area contributed by atoms with E-state index in [9.17, 15) is 0 Å². The molecule has 1 aliphatic carbocycles. The fraction of sp³-hybridized carbons (Fsp3) is 0.588. The van der Waals surface area contributed by atoms with Crippen molar-refractivity contribution in [2.45, 2.75) is 38.1 Å². The first-order valence-electron chi connectivity index (χ1n) is 7.81. The lowest BCUT2D eigenvalue weighted by molar-refractivity contribution is 0.273. The summed E-state index contributed by atoms with van der Waals surface area (Å²) in [5.41, 5.74) is 1.45. The maximum atomic E-state index is 4.48. The molecule has 2 aliphatic rings. The summed E-state index contributed by atoms with van der Waals surface area (Å²) < 4.78 is 0. The Balaban J connectivity index is 0.00000161. The fourth-order valence-electron chi connectivity index (χ4n) is 3.11. The van der Waals surface area contributed by atoms with Crippen molar-refractivity contribution in [3.8, 4) is 0 Å². The number of aliphatic imine (C=N–C) groups is 1. The summed E-state index contributed by atoms with van der Waals surface area (Å²) in [6.45, 7) is 4.63. The molecule has 4 heteroatoms. The van der Waals surface area contributed by atoms with Crippen molar-refractivity contribution < 1.29 is 0 Å². The van der Waals surface area contributed by atoms with Crippen molar-refractivity contribution in [3.63, 3.8) is 0 Å². The van der Waals surface area contributed by atoms with Gasteiger partial charge in [0.1, 0.15) is 0 Å². The number of nitrogens with one attached hydrogen (secondary N) is 1. The third kappa shape index (κ3) is 4.11. The van der Waals surface area contributed by atoms with Gasteiger partial charge in [-0.3, -0.25) is 4.99 Å². The van der Waals surface area contributed by atoms with Crippen LogP contribution in [0.5, 0.6) is 0 Å². The van der Waals surface area contributed by atoms with Crippen molar-refractivity contribution in [2.75, 3.05) is 20.1 Å². The number of halogens is 1. The summed E-state index contributed by atoms with van der Waals surface area (Å²) in [4.78, 5) is 6.89. The molecule has 21 heavy (non-hydrogen) atoms. The van der Waals surface area contributed by atoms with Gasteiger partial charge in [0.2, 0.25) is 0 Å². The zero-order valence-corrected chi connectivity index (χ0v) is 15.3. The van der Waals surface area contributed by atoms with Crippen LogP contribution >= 0.6 is 24.0 Å². The Labute approximate surface area is 145 Å². The van der Waals surface area contributed by atoms with Gasteiger partial charge in [-0.05, 0) is 30.7 Å². The van der Waals surface area contributed by atoms with E-state index in [1.165, 1.54) is 24.8 Å². The van der Waals surface area contributed by atoms with E-state index in [4.69, 9.17) is 0 Å². The van der Waals surface area contributed by atoms with E-state index < -0.39 is 0 Å². The highest BCUT2D eigenvalue weighted by molar-refractivity contribution is 14.0. The summed E-state index contributed by atoms with van der Waals surface area (Å²) in [6.07, 6.45) is 3.80. The number of likely N-dealkylation sites (tertiary alicyclic amines) is 1. The van der Waals surface area contributed by atoms with Gasteiger partial charge in [0.05, 0.1) is 0 Å². The third-order valence-corrected chi connectivity index (χ3v) is 4.63. The molecular formula is C17H26IN3. The number of nitrogens with zero attached hydrogens (tertiary/aromatic N) is 2. The van der Waals surface area contributed by atoms with Gasteiger partial charge >= 0.3 is 0 Å². The molecule has 1 N–H and O–H groups in total. The van der Waals surface area contributed by atoms with Crippen molar-refractivity contribution in [2.24, 2.45) is 10.9 Å². The lowest BCUT2D eigenvalue weighted by atomic mass is 10.00. The van der Waals surface area contributed by atoms with Crippen LogP contribution < -0.4 is 5.32 Å². The molecule has 0 aromatic heterocycles. The summed E-state index contributed by atoms with van der Waals surface area (Å²) in [5.74, 6) is 2.62. The van der Waals surface area contributed by atoms with Gasteiger partial charge in [-0.1, -0.05) is 37.3 Å². The molecule has 1 heterocycles. The largest absolute Gasteiger partial charge is 0.353 e. The monoisotopic (exact) mass is 399 g/mol. The Kier molecular flexibility index (Phi) is 5.90. The Morgan fingerprint density at radius 3 is 2.48 bits per heavy atom. The van der Waals surface area contributed by atoms with Crippen LogP contribution in [0, 0.1) is 5.92 Å². The smallest absolute Gasteiger partial charge is 0.193 e. The molecule has 3 nitrogen and oxygen atoms in total. The number of piperidine rings is 1. The van der Waals surface area contributed by atoms with E-state index in [1.807, 2.05) is 7.05 Å². The molecule has 0 amide bonds. The Bertz CT molecular complexity index is 466. The molecule has 1 saturated heterocycles. The van der Waals surface area contributed by atoms with Crippen LogP contribution in [0.25, 0.3) is 0 Å². The van der Waals surface area contributed by atoms with Crippen molar-refractivity contribution in [3.05, 3.63) is 35.9 Å². The summed E-state index contributed by atoms with van der Waals surface area (Å²) in [7, 11) is 1.90. The predicted molar refractivity (Wildman–Crippen MR) is 99.5 cm³/mol. The molecule has 116 valence electrons. The lowest BCUT2D eigenvalue weighted by Gasteiger charge is -2.33. The van der Waals surface area contributed by atoms with E-state index in [2.05, 4.69) is 52.5 Å².